The van der Waals surface area contributed by atoms with Gasteiger partial charge < -0.3 is 25.0 Å². The Morgan fingerprint density at radius 2 is 1.47 bits per heavy atom. The maximum Gasteiger partial charge on any atom is 0.424 e. The summed E-state index contributed by atoms with van der Waals surface area (Å²) in [4.78, 5) is 25.5. The number of phenols is 1. The highest BCUT2D eigenvalue weighted by Gasteiger charge is 2.30. The van der Waals surface area contributed by atoms with Crippen molar-refractivity contribution in [2.75, 3.05) is 6.54 Å². The first kappa shape index (κ1) is 28.9. The number of amides is 2. The number of hydrazine groups is 1. The van der Waals surface area contributed by atoms with Gasteiger partial charge in [-0.3, -0.25) is 0 Å². The van der Waals surface area contributed by atoms with E-state index >= 15 is 0 Å². The molecule has 2 rings (SSSR count). The van der Waals surface area contributed by atoms with Crippen LogP contribution in [0.2, 0.25) is 0 Å². The number of hydrogen-bond acceptors (Lipinski definition) is 7. The van der Waals surface area contributed by atoms with Crippen molar-refractivity contribution in [2.45, 2.75) is 77.9 Å². The first-order valence-corrected chi connectivity index (χ1v) is 12.0. The van der Waals surface area contributed by atoms with Crippen LogP contribution in [-0.4, -0.2) is 57.3 Å². The van der Waals surface area contributed by atoms with Gasteiger partial charge in [0.2, 0.25) is 0 Å². The molecule has 4 N–H and O–H groups in total. The van der Waals surface area contributed by atoms with Gasteiger partial charge in [-0.2, -0.15) is 0 Å². The second-order valence-corrected chi connectivity index (χ2v) is 10.6. The van der Waals surface area contributed by atoms with Crippen LogP contribution in [0.25, 0.3) is 0 Å². The minimum atomic E-state index is -1.16. The summed E-state index contributed by atoms with van der Waals surface area (Å²) >= 11 is 0. The number of ether oxygens (including phenoxy) is 2. The molecule has 2 aromatic rings. The molecule has 0 heterocycles. The van der Waals surface area contributed by atoms with E-state index in [-0.39, 0.29) is 18.8 Å². The molecular weight excluding hydrogens is 462 g/mol. The standard InChI is InChI=1S/C27H39N3O6/c1-26(2,3)35-24(33)29-22(16-19-10-8-7-9-11-19)23(32)18-30(25(34)36-27(4,5)6)28-17-20-12-14-21(31)15-13-20/h7-15,22-23,28,31-32H,16-18H2,1-6H3,(H,29,33)/t22-,23-/m0/s1. The first-order chi connectivity index (χ1) is 16.7. The Hall–Kier alpha value is -3.30. The average Bonchev–Trinajstić information content (AvgIpc) is 2.75. The predicted octanol–water partition coefficient (Wildman–Crippen LogP) is 4.13. The second-order valence-electron chi connectivity index (χ2n) is 10.6. The number of aliphatic hydroxyl groups excluding tert-OH is 1. The highest BCUT2D eigenvalue weighted by molar-refractivity contribution is 5.69. The number of carbonyl (C=O) groups excluding carboxylic acids is 2. The number of benzene rings is 2. The lowest BCUT2D eigenvalue weighted by Gasteiger charge is -2.32. The average molecular weight is 502 g/mol. The van der Waals surface area contributed by atoms with E-state index in [9.17, 15) is 19.8 Å². The molecule has 0 radical (unpaired) electrons. The lowest BCUT2D eigenvalue weighted by atomic mass is 10.0. The molecule has 9 heteroatoms. The van der Waals surface area contributed by atoms with Crippen LogP contribution in [0.4, 0.5) is 9.59 Å². The molecule has 0 aromatic heterocycles. The molecule has 0 saturated carbocycles. The molecule has 2 amide bonds. The van der Waals surface area contributed by atoms with Crippen LogP contribution in [-0.2, 0) is 22.4 Å². The summed E-state index contributed by atoms with van der Waals surface area (Å²) in [5, 5.41) is 24.6. The van der Waals surface area contributed by atoms with Crippen LogP contribution in [0, 0.1) is 0 Å². The fourth-order valence-electron chi connectivity index (χ4n) is 3.25. The van der Waals surface area contributed by atoms with Crippen molar-refractivity contribution >= 4 is 12.2 Å². The molecule has 0 aliphatic rings. The van der Waals surface area contributed by atoms with Gasteiger partial charge in [-0.05, 0) is 71.2 Å². The molecule has 0 bridgehead atoms. The summed E-state index contributed by atoms with van der Waals surface area (Å²) in [7, 11) is 0. The Kier molecular flexibility index (Phi) is 10.1. The molecule has 198 valence electrons. The smallest absolute Gasteiger partial charge is 0.424 e. The Balaban J connectivity index is 2.20. The number of rotatable bonds is 9. The van der Waals surface area contributed by atoms with Crippen molar-refractivity contribution in [1.29, 1.82) is 0 Å². The summed E-state index contributed by atoms with van der Waals surface area (Å²) in [6.07, 6.45) is -2.17. The number of carbonyl (C=O) groups is 2. The lowest BCUT2D eigenvalue weighted by Crippen LogP contribution is -2.55. The SMILES string of the molecule is CC(C)(C)OC(=O)N[C@@H](Cc1ccccc1)[C@@H](O)CN(NCc1ccc(O)cc1)C(=O)OC(C)(C)C. The van der Waals surface area contributed by atoms with Crippen LogP contribution in [0.1, 0.15) is 52.7 Å². The Bertz CT molecular complexity index is 968. The largest absolute Gasteiger partial charge is 0.508 e. The molecule has 2 aromatic carbocycles. The summed E-state index contributed by atoms with van der Waals surface area (Å²) < 4.78 is 10.9. The van der Waals surface area contributed by atoms with Gasteiger partial charge in [0.25, 0.3) is 0 Å². The van der Waals surface area contributed by atoms with E-state index in [4.69, 9.17) is 9.47 Å². The highest BCUT2D eigenvalue weighted by Crippen LogP contribution is 2.14. The summed E-state index contributed by atoms with van der Waals surface area (Å²) in [5.41, 5.74) is 3.24. The van der Waals surface area contributed by atoms with Crippen LogP contribution in [0.15, 0.2) is 54.6 Å². The quantitative estimate of drug-likeness (QED) is 0.381. The normalized spacial score (nSPS) is 13.4. The van der Waals surface area contributed by atoms with Crippen molar-refractivity contribution in [1.82, 2.24) is 15.8 Å². The van der Waals surface area contributed by atoms with Crippen LogP contribution >= 0.6 is 0 Å². The number of phenolic OH excluding ortho intramolecular Hbond substituents is 1. The summed E-state index contributed by atoms with van der Waals surface area (Å²) in [5.74, 6) is 0.134. The summed E-state index contributed by atoms with van der Waals surface area (Å²) in [6, 6.07) is 15.2. The maximum atomic E-state index is 12.9. The van der Waals surface area contributed by atoms with Crippen LogP contribution < -0.4 is 10.7 Å². The minimum Gasteiger partial charge on any atom is -0.508 e. The van der Waals surface area contributed by atoms with E-state index < -0.39 is 35.5 Å². The molecule has 0 fully saturated rings. The molecule has 0 unspecified atom stereocenters. The number of nitrogens with one attached hydrogen (secondary N) is 2. The molecule has 36 heavy (non-hydrogen) atoms. The van der Waals surface area contributed by atoms with E-state index in [1.54, 1.807) is 65.8 Å². The number of alkyl carbamates (subject to hydrolysis) is 1. The fraction of sp³-hybridized carbons (Fsp3) is 0.481. The summed E-state index contributed by atoms with van der Waals surface area (Å²) in [6.45, 7) is 10.6. The lowest BCUT2D eigenvalue weighted by molar-refractivity contribution is -0.00568. The van der Waals surface area contributed by atoms with E-state index in [0.29, 0.717) is 6.42 Å². The van der Waals surface area contributed by atoms with Gasteiger partial charge in [-0.25, -0.2) is 20.0 Å². The third-order valence-electron chi connectivity index (χ3n) is 4.86. The molecule has 0 saturated heterocycles. The van der Waals surface area contributed by atoms with Crippen molar-refractivity contribution in [3.8, 4) is 5.75 Å². The van der Waals surface area contributed by atoms with Crippen LogP contribution in [0.5, 0.6) is 5.75 Å². The molecule has 2 atom stereocenters. The number of aliphatic hydroxyl groups is 1. The van der Waals surface area contributed by atoms with Crippen molar-refractivity contribution in [3.63, 3.8) is 0 Å². The molecule has 0 aliphatic carbocycles. The molecule has 9 nitrogen and oxygen atoms in total. The zero-order valence-electron chi connectivity index (χ0n) is 21.9. The van der Waals surface area contributed by atoms with E-state index in [2.05, 4.69) is 10.7 Å². The number of hydrogen-bond donors (Lipinski definition) is 4. The van der Waals surface area contributed by atoms with E-state index in [1.807, 2.05) is 30.3 Å². The Morgan fingerprint density at radius 1 is 0.889 bits per heavy atom. The van der Waals surface area contributed by atoms with Crippen molar-refractivity contribution in [3.05, 3.63) is 65.7 Å². The minimum absolute atomic E-state index is 0.134. The zero-order chi connectivity index (χ0) is 26.9. The molecular formula is C27H39N3O6. The third-order valence-corrected chi connectivity index (χ3v) is 4.86. The first-order valence-electron chi connectivity index (χ1n) is 12.0. The topological polar surface area (TPSA) is 120 Å². The van der Waals surface area contributed by atoms with Gasteiger partial charge in [0, 0.05) is 6.54 Å². The Morgan fingerprint density at radius 3 is 2.03 bits per heavy atom. The van der Waals surface area contributed by atoms with Gasteiger partial charge in [0.15, 0.2) is 0 Å². The van der Waals surface area contributed by atoms with Gasteiger partial charge in [0.1, 0.15) is 17.0 Å². The van der Waals surface area contributed by atoms with Gasteiger partial charge in [-0.15, -0.1) is 0 Å². The van der Waals surface area contributed by atoms with E-state index in [0.717, 1.165) is 11.1 Å². The highest BCUT2D eigenvalue weighted by atomic mass is 16.6. The van der Waals surface area contributed by atoms with E-state index in [1.165, 1.54) is 5.01 Å². The monoisotopic (exact) mass is 501 g/mol. The number of aromatic hydroxyl groups is 1. The second kappa shape index (κ2) is 12.6. The Labute approximate surface area is 213 Å². The van der Waals surface area contributed by atoms with Gasteiger partial charge in [-0.1, -0.05) is 42.5 Å². The van der Waals surface area contributed by atoms with Crippen molar-refractivity contribution in [2.24, 2.45) is 0 Å². The molecule has 0 spiro atoms. The zero-order valence-corrected chi connectivity index (χ0v) is 21.9. The predicted molar refractivity (Wildman–Crippen MR) is 137 cm³/mol. The molecule has 0 aliphatic heterocycles. The fourth-order valence-corrected chi connectivity index (χ4v) is 3.25. The maximum absolute atomic E-state index is 12.9. The van der Waals surface area contributed by atoms with Crippen LogP contribution in [0.3, 0.4) is 0 Å². The third kappa shape index (κ3) is 11.0. The van der Waals surface area contributed by atoms with Gasteiger partial charge >= 0.3 is 12.2 Å². The van der Waals surface area contributed by atoms with Gasteiger partial charge in [0.05, 0.1) is 18.7 Å². The number of nitrogens with zero attached hydrogens (tertiary/aromatic N) is 1. The van der Waals surface area contributed by atoms with Crippen molar-refractivity contribution < 1.29 is 29.3 Å².